The number of carbonyl (C=O) groups excluding carboxylic acids is 1. The Hall–Kier alpha value is -1.35. The van der Waals surface area contributed by atoms with Gasteiger partial charge in [-0.2, -0.15) is 0 Å². The van der Waals surface area contributed by atoms with E-state index in [0.29, 0.717) is 12.5 Å². The molecule has 1 fully saturated rings. The molecule has 1 unspecified atom stereocenters. The summed E-state index contributed by atoms with van der Waals surface area (Å²) in [5, 5.41) is 0. The van der Waals surface area contributed by atoms with Crippen LogP contribution in [0.2, 0.25) is 0 Å². The average molecular weight is 216 g/mol. The van der Waals surface area contributed by atoms with Gasteiger partial charge in [-0.1, -0.05) is 24.3 Å². The monoisotopic (exact) mass is 216 g/mol. The van der Waals surface area contributed by atoms with Gasteiger partial charge < -0.3 is 10.6 Å². The van der Waals surface area contributed by atoms with E-state index in [1.54, 1.807) is 0 Å². The van der Waals surface area contributed by atoms with Crippen LogP contribution in [0.3, 0.4) is 0 Å². The van der Waals surface area contributed by atoms with Crippen molar-refractivity contribution in [1.82, 2.24) is 4.90 Å². The van der Waals surface area contributed by atoms with E-state index in [-0.39, 0.29) is 11.9 Å². The average Bonchev–Trinajstić information content (AvgIpc) is 2.81. The summed E-state index contributed by atoms with van der Waals surface area (Å²) >= 11 is 0. The predicted molar refractivity (Wildman–Crippen MR) is 61.9 cm³/mol. The second-order valence-corrected chi connectivity index (χ2v) is 4.84. The number of fused-ring (bicyclic) bond motifs is 1. The lowest BCUT2D eigenvalue weighted by Gasteiger charge is -2.23. The van der Waals surface area contributed by atoms with Crippen molar-refractivity contribution in [1.29, 1.82) is 0 Å². The van der Waals surface area contributed by atoms with E-state index in [4.69, 9.17) is 5.73 Å². The minimum atomic E-state index is 0.0382. The van der Waals surface area contributed by atoms with Crippen LogP contribution in [0.5, 0.6) is 0 Å². The zero-order chi connectivity index (χ0) is 11.1. The summed E-state index contributed by atoms with van der Waals surface area (Å²) in [6, 6.07) is 8.85. The second-order valence-electron chi connectivity index (χ2n) is 4.84. The molecular formula is C13H16N2O. The van der Waals surface area contributed by atoms with Gasteiger partial charge in [0.05, 0.1) is 0 Å². The number of rotatable bonds is 1. The van der Waals surface area contributed by atoms with Crippen molar-refractivity contribution >= 4 is 5.91 Å². The smallest absolute Gasteiger partial charge is 0.224 e. The fraction of sp³-hybridized carbons (Fsp3) is 0.462. The Kier molecular flexibility index (Phi) is 2.21. The topological polar surface area (TPSA) is 46.3 Å². The highest BCUT2D eigenvalue weighted by atomic mass is 16.2. The summed E-state index contributed by atoms with van der Waals surface area (Å²) in [6.07, 6.45) is 2.51. The molecule has 3 nitrogen and oxygen atoms in total. The Morgan fingerprint density at radius 1 is 1.12 bits per heavy atom. The van der Waals surface area contributed by atoms with Gasteiger partial charge in [-0.05, 0) is 24.0 Å². The van der Waals surface area contributed by atoms with Crippen molar-refractivity contribution in [2.45, 2.75) is 31.3 Å². The summed E-state index contributed by atoms with van der Waals surface area (Å²) in [5.41, 5.74) is 8.60. The highest BCUT2D eigenvalue weighted by Gasteiger charge is 2.35. The molecule has 3 rings (SSSR count). The molecule has 1 heterocycles. The molecule has 0 saturated carbocycles. The quantitative estimate of drug-likeness (QED) is 0.751. The van der Waals surface area contributed by atoms with Crippen LogP contribution in [0.15, 0.2) is 24.3 Å². The number of hydrogen-bond acceptors (Lipinski definition) is 2. The van der Waals surface area contributed by atoms with Gasteiger partial charge in [0.25, 0.3) is 0 Å². The molecule has 0 spiro atoms. The molecule has 0 radical (unpaired) electrons. The molecule has 0 bridgehead atoms. The van der Waals surface area contributed by atoms with Gasteiger partial charge in [-0.25, -0.2) is 0 Å². The van der Waals surface area contributed by atoms with Crippen LogP contribution >= 0.6 is 0 Å². The van der Waals surface area contributed by atoms with Gasteiger partial charge in [0.2, 0.25) is 5.91 Å². The van der Waals surface area contributed by atoms with Gasteiger partial charge in [-0.15, -0.1) is 0 Å². The lowest BCUT2D eigenvalue weighted by Crippen LogP contribution is -2.38. The van der Waals surface area contributed by atoms with Crippen molar-refractivity contribution in [3.05, 3.63) is 35.4 Å². The van der Waals surface area contributed by atoms with Gasteiger partial charge >= 0.3 is 0 Å². The lowest BCUT2D eigenvalue weighted by molar-refractivity contribution is -0.129. The molecule has 16 heavy (non-hydrogen) atoms. The Morgan fingerprint density at radius 3 is 2.25 bits per heavy atom. The Balaban J connectivity index is 1.79. The first-order valence-corrected chi connectivity index (χ1v) is 5.86. The number of carbonyl (C=O) groups is 1. The summed E-state index contributed by atoms with van der Waals surface area (Å²) < 4.78 is 0. The standard InChI is InChI=1S/C13H16N2O/c14-11-7-13(16)15(8-11)12-5-9-3-1-2-4-10(9)6-12/h1-4,11-12H,5-8,14H2. The summed E-state index contributed by atoms with van der Waals surface area (Å²) in [7, 11) is 0. The van der Waals surface area contributed by atoms with Crippen LogP contribution in [0.25, 0.3) is 0 Å². The highest BCUT2D eigenvalue weighted by molar-refractivity contribution is 5.79. The zero-order valence-corrected chi connectivity index (χ0v) is 9.23. The van der Waals surface area contributed by atoms with E-state index in [1.807, 2.05) is 4.90 Å². The third kappa shape index (κ3) is 1.52. The van der Waals surface area contributed by atoms with E-state index in [0.717, 1.165) is 19.4 Å². The van der Waals surface area contributed by atoms with Crippen LogP contribution < -0.4 is 5.73 Å². The van der Waals surface area contributed by atoms with Crippen LogP contribution in [-0.4, -0.2) is 29.4 Å². The molecule has 1 aliphatic heterocycles. The van der Waals surface area contributed by atoms with Gasteiger partial charge in [0, 0.05) is 25.0 Å². The van der Waals surface area contributed by atoms with E-state index < -0.39 is 0 Å². The molecule has 1 atom stereocenters. The Bertz CT molecular complexity index is 405. The first-order chi connectivity index (χ1) is 7.74. The van der Waals surface area contributed by atoms with Crippen molar-refractivity contribution in [2.75, 3.05) is 6.54 Å². The summed E-state index contributed by atoms with van der Waals surface area (Å²) in [6.45, 7) is 0.734. The number of hydrogen-bond donors (Lipinski definition) is 1. The van der Waals surface area contributed by atoms with E-state index >= 15 is 0 Å². The first-order valence-electron chi connectivity index (χ1n) is 5.86. The molecule has 3 heteroatoms. The van der Waals surface area contributed by atoms with Crippen molar-refractivity contribution in [2.24, 2.45) is 5.73 Å². The summed E-state index contributed by atoms with van der Waals surface area (Å²) in [4.78, 5) is 13.7. The normalized spacial score (nSPS) is 25.2. The third-order valence-electron chi connectivity index (χ3n) is 3.66. The SMILES string of the molecule is NC1CC(=O)N(C2Cc3ccccc3C2)C1. The van der Waals surface area contributed by atoms with Gasteiger partial charge in [0.1, 0.15) is 0 Å². The number of likely N-dealkylation sites (tertiary alicyclic amines) is 1. The molecule has 1 aromatic carbocycles. The fourth-order valence-corrected chi connectivity index (χ4v) is 2.87. The minimum Gasteiger partial charge on any atom is -0.337 e. The number of nitrogens with two attached hydrogens (primary N) is 1. The van der Waals surface area contributed by atoms with Crippen LogP contribution in [0.1, 0.15) is 17.5 Å². The molecular weight excluding hydrogens is 200 g/mol. The van der Waals surface area contributed by atoms with E-state index in [9.17, 15) is 4.79 Å². The maximum absolute atomic E-state index is 11.8. The first kappa shape index (κ1) is 9.85. The van der Waals surface area contributed by atoms with E-state index in [2.05, 4.69) is 24.3 Å². The van der Waals surface area contributed by atoms with E-state index in [1.165, 1.54) is 11.1 Å². The fourth-order valence-electron chi connectivity index (χ4n) is 2.87. The maximum Gasteiger partial charge on any atom is 0.224 e. The van der Waals surface area contributed by atoms with Crippen molar-refractivity contribution in [3.63, 3.8) is 0 Å². The maximum atomic E-state index is 11.8. The minimum absolute atomic E-state index is 0.0382. The third-order valence-corrected chi connectivity index (χ3v) is 3.66. The predicted octanol–water partition coefficient (Wildman–Crippen LogP) is 0.713. The second kappa shape index (κ2) is 3.59. The van der Waals surface area contributed by atoms with Crippen LogP contribution in [0.4, 0.5) is 0 Å². The Labute approximate surface area is 95.2 Å². The molecule has 1 aliphatic carbocycles. The number of nitrogens with zero attached hydrogens (tertiary/aromatic N) is 1. The molecule has 1 amide bonds. The number of amides is 1. The largest absolute Gasteiger partial charge is 0.337 e. The van der Waals surface area contributed by atoms with Gasteiger partial charge in [0.15, 0.2) is 0 Å². The molecule has 84 valence electrons. The molecule has 2 N–H and O–H groups in total. The zero-order valence-electron chi connectivity index (χ0n) is 9.23. The molecule has 1 aromatic rings. The molecule has 2 aliphatic rings. The van der Waals surface area contributed by atoms with Gasteiger partial charge in [-0.3, -0.25) is 4.79 Å². The highest BCUT2D eigenvalue weighted by Crippen LogP contribution is 2.27. The summed E-state index contributed by atoms with van der Waals surface area (Å²) in [5.74, 6) is 0.227. The van der Waals surface area contributed by atoms with Crippen LogP contribution in [0, 0.1) is 0 Å². The van der Waals surface area contributed by atoms with Crippen molar-refractivity contribution in [3.8, 4) is 0 Å². The molecule has 1 saturated heterocycles. The van der Waals surface area contributed by atoms with Crippen molar-refractivity contribution < 1.29 is 4.79 Å². The Morgan fingerprint density at radius 2 is 1.75 bits per heavy atom. The number of benzene rings is 1. The van der Waals surface area contributed by atoms with Crippen LogP contribution in [-0.2, 0) is 17.6 Å². The molecule has 0 aromatic heterocycles. The lowest BCUT2D eigenvalue weighted by atomic mass is 10.1.